The first kappa shape index (κ1) is 21.1. The van der Waals surface area contributed by atoms with Crippen LogP contribution in [0, 0.1) is 0 Å². The van der Waals surface area contributed by atoms with Gasteiger partial charge in [0.15, 0.2) is 12.1 Å². The summed E-state index contributed by atoms with van der Waals surface area (Å²) < 4.78 is 24.9. The lowest BCUT2D eigenvalue weighted by Gasteiger charge is -2.37. The summed E-state index contributed by atoms with van der Waals surface area (Å²) >= 11 is 0. The zero-order valence-electron chi connectivity index (χ0n) is 18.4. The molecule has 3 aromatic carbocycles. The van der Waals surface area contributed by atoms with Crippen LogP contribution in [-0.2, 0) is 24.5 Å². The summed E-state index contributed by atoms with van der Waals surface area (Å²) in [5, 5.41) is 0. The van der Waals surface area contributed by atoms with Gasteiger partial charge in [-0.2, -0.15) is 0 Å². The van der Waals surface area contributed by atoms with E-state index in [0.29, 0.717) is 6.61 Å². The molecule has 0 spiro atoms. The molecule has 0 N–H and O–H groups in total. The third kappa shape index (κ3) is 3.70. The Balaban J connectivity index is 1.52. The standard InChI is InChI=1S/C28H28O4/c1-20-24(30-26-25(20)31-27(2,3)32-26)19-29-28(21-13-7-4-8-14-21,22-15-9-5-10-16-22)23-17-11-6-12-18-23/h4-18,24-26H,1,19H2,2-3H3/t24-,25-,26-/m1/s1. The fourth-order valence-electron chi connectivity index (χ4n) is 4.63. The molecule has 0 unspecified atom stereocenters. The largest absolute Gasteiger partial charge is 0.358 e. The maximum Gasteiger partial charge on any atom is 0.191 e. The molecular weight excluding hydrogens is 400 g/mol. The van der Waals surface area contributed by atoms with E-state index in [-0.39, 0.29) is 12.2 Å². The fraction of sp³-hybridized carbons (Fsp3) is 0.286. The van der Waals surface area contributed by atoms with Crippen LogP contribution in [0.5, 0.6) is 0 Å². The number of ether oxygens (including phenoxy) is 4. The van der Waals surface area contributed by atoms with E-state index in [4.69, 9.17) is 18.9 Å². The van der Waals surface area contributed by atoms with Crippen molar-refractivity contribution in [3.8, 4) is 0 Å². The fourth-order valence-corrected chi connectivity index (χ4v) is 4.63. The van der Waals surface area contributed by atoms with Gasteiger partial charge in [0.05, 0.1) is 6.61 Å². The number of fused-ring (bicyclic) bond motifs is 1. The smallest absolute Gasteiger partial charge is 0.191 e. The highest BCUT2D eigenvalue weighted by Gasteiger charge is 2.51. The second-order valence-electron chi connectivity index (χ2n) is 8.71. The summed E-state index contributed by atoms with van der Waals surface area (Å²) in [7, 11) is 0. The Bertz CT molecular complexity index is 966. The average Bonchev–Trinajstić information content (AvgIpc) is 3.28. The molecule has 0 aliphatic carbocycles. The molecule has 2 fully saturated rings. The van der Waals surface area contributed by atoms with Gasteiger partial charge in [-0.15, -0.1) is 0 Å². The van der Waals surface area contributed by atoms with Crippen LogP contribution >= 0.6 is 0 Å². The van der Waals surface area contributed by atoms with Gasteiger partial charge in [-0.25, -0.2) is 0 Å². The van der Waals surface area contributed by atoms with E-state index in [9.17, 15) is 0 Å². The highest BCUT2D eigenvalue weighted by molar-refractivity contribution is 5.47. The van der Waals surface area contributed by atoms with Crippen LogP contribution in [0.15, 0.2) is 103 Å². The zero-order valence-corrected chi connectivity index (χ0v) is 18.4. The number of rotatable bonds is 6. The Labute approximate surface area is 189 Å². The number of hydrogen-bond donors (Lipinski definition) is 0. The van der Waals surface area contributed by atoms with Crippen molar-refractivity contribution in [2.24, 2.45) is 0 Å². The third-order valence-corrected chi connectivity index (χ3v) is 6.13. The van der Waals surface area contributed by atoms with Crippen molar-refractivity contribution in [3.05, 3.63) is 120 Å². The Morgan fingerprint density at radius 3 is 1.69 bits per heavy atom. The summed E-state index contributed by atoms with van der Waals surface area (Å²) in [6.45, 7) is 8.35. The SMILES string of the molecule is C=C1[C@H]2OC(C)(C)O[C@H]2O[C@@H]1COC(c1ccccc1)(c1ccccc1)c1ccccc1. The van der Waals surface area contributed by atoms with Gasteiger partial charge in [-0.1, -0.05) is 97.6 Å². The first-order valence-corrected chi connectivity index (χ1v) is 11.0. The van der Waals surface area contributed by atoms with E-state index in [1.165, 1.54) is 0 Å². The highest BCUT2D eigenvalue weighted by atomic mass is 16.8. The molecule has 2 aliphatic rings. The molecule has 0 radical (unpaired) electrons. The average molecular weight is 429 g/mol. The molecule has 0 bridgehead atoms. The molecule has 2 heterocycles. The van der Waals surface area contributed by atoms with Gasteiger partial charge in [0.2, 0.25) is 0 Å². The van der Waals surface area contributed by atoms with Crippen LogP contribution in [-0.4, -0.2) is 30.9 Å². The Morgan fingerprint density at radius 1 is 0.781 bits per heavy atom. The van der Waals surface area contributed by atoms with Gasteiger partial charge < -0.3 is 18.9 Å². The molecule has 0 amide bonds. The van der Waals surface area contributed by atoms with E-state index >= 15 is 0 Å². The van der Waals surface area contributed by atoms with Crippen molar-refractivity contribution >= 4 is 0 Å². The molecular formula is C28H28O4. The van der Waals surface area contributed by atoms with Crippen molar-refractivity contribution in [3.63, 3.8) is 0 Å². The number of hydrogen-bond acceptors (Lipinski definition) is 4. The molecule has 4 heteroatoms. The van der Waals surface area contributed by atoms with Gasteiger partial charge in [0, 0.05) is 0 Å². The minimum absolute atomic E-state index is 0.279. The summed E-state index contributed by atoms with van der Waals surface area (Å²) in [5.74, 6) is -0.675. The minimum Gasteiger partial charge on any atom is -0.358 e. The molecule has 2 saturated heterocycles. The maximum atomic E-state index is 6.86. The molecule has 32 heavy (non-hydrogen) atoms. The predicted molar refractivity (Wildman–Crippen MR) is 123 cm³/mol. The second-order valence-corrected chi connectivity index (χ2v) is 8.71. The van der Waals surface area contributed by atoms with E-state index in [1.54, 1.807) is 0 Å². The monoisotopic (exact) mass is 428 g/mol. The van der Waals surface area contributed by atoms with Crippen LogP contribution in [0.1, 0.15) is 30.5 Å². The Hall–Kier alpha value is -2.76. The molecule has 4 nitrogen and oxygen atoms in total. The van der Waals surface area contributed by atoms with Crippen molar-refractivity contribution < 1.29 is 18.9 Å². The molecule has 164 valence electrons. The van der Waals surface area contributed by atoms with Gasteiger partial charge in [-0.3, -0.25) is 0 Å². The lowest BCUT2D eigenvalue weighted by Crippen LogP contribution is -2.36. The van der Waals surface area contributed by atoms with Gasteiger partial charge in [0.1, 0.15) is 17.8 Å². The summed E-state index contributed by atoms with van der Waals surface area (Å²) in [4.78, 5) is 0. The van der Waals surface area contributed by atoms with Crippen LogP contribution in [0.4, 0.5) is 0 Å². The molecule has 5 rings (SSSR count). The minimum atomic E-state index is -0.799. The van der Waals surface area contributed by atoms with Gasteiger partial charge in [-0.05, 0) is 36.1 Å². The molecule has 3 atom stereocenters. The quantitative estimate of drug-likeness (QED) is 0.388. The van der Waals surface area contributed by atoms with E-state index in [0.717, 1.165) is 22.3 Å². The summed E-state index contributed by atoms with van der Waals surface area (Å²) in [5.41, 5.74) is 3.20. The van der Waals surface area contributed by atoms with E-state index in [2.05, 4.69) is 43.0 Å². The molecule has 3 aromatic rings. The van der Waals surface area contributed by atoms with Gasteiger partial charge in [0.25, 0.3) is 0 Å². The van der Waals surface area contributed by atoms with Crippen molar-refractivity contribution in [2.75, 3.05) is 6.61 Å². The third-order valence-electron chi connectivity index (χ3n) is 6.13. The van der Waals surface area contributed by atoms with Crippen LogP contribution < -0.4 is 0 Å². The normalized spacial score (nSPS) is 24.4. The van der Waals surface area contributed by atoms with Gasteiger partial charge >= 0.3 is 0 Å². The molecule has 0 aromatic heterocycles. The highest BCUT2D eigenvalue weighted by Crippen LogP contribution is 2.43. The first-order chi connectivity index (χ1) is 15.5. The predicted octanol–water partition coefficient (Wildman–Crippen LogP) is 5.43. The Kier molecular flexibility index (Phi) is 5.48. The maximum absolute atomic E-state index is 6.86. The van der Waals surface area contributed by atoms with Crippen LogP contribution in [0.3, 0.4) is 0 Å². The second kappa shape index (κ2) is 8.30. The van der Waals surface area contributed by atoms with Crippen molar-refractivity contribution in [2.45, 2.75) is 43.7 Å². The zero-order chi connectivity index (χ0) is 22.2. The summed E-state index contributed by atoms with van der Waals surface area (Å²) in [6, 6.07) is 30.9. The lowest BCUT2D eigenvalue weighted by molar-refractivity contribution is -0.206. The summed E-state index contributed by atoms with van der Waals surface area (Å²) in [6.07, 6.45) is -1.06. The first-order valence-electron chi connectivity index (χ1n) is 11.0. The van der Waals surface area contributed by atoms with E-state index in [1.807, 2.05) is 68.4 Å². The van der Waals surface area contributed by atoms with Crippen molar-refractivity contribution in [1.82, 2.24) is 0 Å². The van der Waals surface area contributed by atoms with Crippen LogP contribution in [0.25, 0.3) is 0 Å². The molecule has 2 aliphatic heterocycles. The number of benzene rings is 3. The lowest BCUT2D eigenvalue weighted by atomic mass is 9.80. The topological polar surface area (TPSA) is 36.9 Å². The molecule has 0 saturated carbocycles. The van der Waals surface area contributed by atoms with Crippen LogP contribution in [0.2, 0.25) is 0 Å². The Morgan fingerprint density at radius 2 is 1.25 bits per heavy atom. The van der Waals surface area contributed by atoms with E-state index < -0.39 is 17.7 Å². The van der Waals surface area contributed by atoms with Crippen molar-refractivity contribution in [1.29, 1.82) is 0 Å².